The summed E-state index contributed by atoms with van der Waals surface area (Å²) < 4.78 is 62.9. The van der Waals surface area contributed by atoms with Crippen molar-refractivity contribution in [2.75, 3.05) is 81.1 Å². The molecular formula is C54H57ClF3N11O4S. The van der Waals surface area contributed by atoms with E-state index < -0.39 is 17.7 Å². The predicted molar refractivity (Wildman–Crippen MR) is 277 cm³/mol. The molecule has 13 rings (SSSR count). The number of halogens is 4. The average Bonchev–Trinajstić information content (AvgIpc) is 3.95. The van der Waals surface area contributed by atoms with Gasteiger partial charge in [-0.05, 0) is 137 Å². The molecule has 3 aromatic heterocycles. The molecule has 0 bridgehead atoms. The zero-order valence-corrected chi connectivity index (χ0v) is 42.8. The van der Waals surface area contributed by atoms with Crippen LogP contribution in [0.1, 0.15) is 94.1 Å². The predicted octanol–water partition coefficient (Wildman–Crippen LogP) is 9.41. The van der Waals surface area contributed by atoms with E-state index in [1.165, 1.54) is 35.9 Å². The highest BCUT2D eigenvalue weighted by atomic mass is 35.5. The van der Waals surface area contributed by atoms with Crippen LogP contribution in [0.2, 0.25) is 5.02 Å². The summed E-state index contributed by atoms with van der Waals surface area (Å²) in [6, 6.07) is 9.94. The lowest BCUT2D eigenvalue weighted by molar-refractivity contribution is -0.151. The van der Waals surface area contributed by atoms with Gasteiger partial charge < -0.3 is 29.9 Å². The van der Waals surface area contributed by atoms with E-state index in [4.69, 9.17) is 36.8 Å². The fourth-order valence-electron chi connectivity index (χ4n) is 13.4. The second-order valence-corrected chi connectivity index (χ2v) is 23.8. The van der Waals surface area contributed by atoms with Crippen LogP contribution in [0, 0.1) is 39.6 Å². The van der Waals surface area contributed by atoms with Crippen LogP contribution in [-0.2, 0) is 16.6 Å². The molecule has 3 N–H and O–H groups in total. The van der Waals surface area contributed by atoms with Gasteiger partial charge in [0.2, 0.25) is 5.91 Å². The molecule has 386 valence electrons. The van der Waals surface area contributed by atoms with Crippen molar-refractivity contribution in [1.29, 1.82) is 5.26 Å². The topological polar surface area (TPSA) is 171 Å². The number of rotatable bonds is 10. The number of carbonyl (C=O) groups is 2. The van der Waals surface area contributed by atoms with Gasteiger partial charge in [-0.15, -0.1) is 11.3 Å². The van der Waals surface area contributed by atoms with Gasteiger partial charge in [0, 0.05) is 79.2 Å². The number of thiophene rings is 1. The molecule has 0 unspecified atom stereocenters. The highest BCUT2D eigenvalue weighted by Crippen LogP contribution is 2.54. The van der Waals surface area contributed by atoms with E-state index in [0.29, 0.717) is 65.7 Å². The van der Waals surface area contributed by atoms with Crippen molar-refractivity contribution in [3.8, 4) is 23.2 Å². The number of aromatic nitrogens is 4. The Kier molecular flexibility index (Phi) is 11.6. The molecular weight excluding hydrogens is 991 g/mol. The first kappa shape index (κ1) is 47.9. The van der Waals surface area contributed by atoms with Crippen molar-refractivity contribution in [3.63, 3.8) is 0 Å². The number of urea groups is 1. The van der Waals surface area contributed by atoms with Crippen molar-refractivity contribution in [3.05, 3.63) is 63.9 Å². The molecule has 7 fully saturated rings. The quantitative estimate of drug-likeness (QED) is 0.133. The number of nitrogen functional groups attached to an aromatic ring is 1. The number of imide groups is 1. The molecule has 6 aromatic rings. The third-order valence-corrected chi connectivity index (χ3v) is 19.2. The first-order chi connectivity index (χ1) is 35.7. The van der Waals surface area contributed by atoms with Gasteiger partial charge in [-0.3, -0.25) is 19.7 Å². The molecule has 7 aliphatic rings. The lowest BCUT2D eigenvalue weighted by atomic mass is 9.59. The Hall–Kier alpha value is -5.78. The molecule has 0 radical (unpaired) electrons. The fourth-order valence-corrected chi connectivity index (χ4v) is 14.6. The maximum Gasteiger partial charge on any atom is 0.329 e. The number of benzene rings is 3. The van der Waals surface area contributed by atoms with Gasteiger partial charge in [0.1, 0.15) is 34.0 Å². The average molecular weight is 1050 g/mol. The third kappa shape index (κ3) is 8.12. The van der Waals surface area contributed by atoms with Crippen LogP contribution in [0.3, 0.4) is 0 Å². The maximum absolute atomic E-state index is 17.4. The van der Waals surface area contributed by atoms with Gasteiger partial charge in [0.15, 0.2) is 11.6 Å². The lowest BCUT2D eigenvalue weighted by Gasteiger charge is -2.56. The molecule has 8 heterocycles. The van der Waals surface area contributed by atoms with E-state index in [2.05, 4.69) is 31.2 Å². The van der Waals surface area contributed by atoms with Gasteiger partial charge in [0.05, 0.1) is 39.6 Å². The molecule has 5 aliphatic heterocycles. The van der Waals surface area contributed by atoms with Crippen LogP contribution in [0.15, 0.2) is 30.3 Å². The zero-order chi connectivity index (χ0) is 50.8. The van der Waals surface area contributed by atoms with Gasteiger partial charge in [0.25, 0.3) is 0 Å². The summed E-state index contributed by atoms with van der Waals surface area (Å²) in [5.41, 5.74) is 8.02. The standard InChI is InChI=1S/C54H57ClF3N11O4S/c1-65-40-23-33(39(57)22-34(40)49(64-65)69-17-7-41(70)61-51(69)71)30-5-15-67(16-6-30)31-24-52(25-31)11-18-66(19-12-52)27-53(9-10-53)29-72-50-62-45-35(48(63-50)68-14-2-8-54(28-68)13-20-73-54)21-37(55)43(44(45)58)32-3-4-38(56)46-42(32)36(26-59)47(60)74-46/h3-4,21-23,30-31H,2,5-20,24-25,27-29,60H2,1H3,(H,61,70,71)/t54-/m0/s1. The molecule has 20 heteroatoms. The summed E-state index contributed by atoms with van der Waals surface area (Å²) >= 11 is 7.93. The van der Waals surface area contributed by atoms with Crippen LogP contribution in [0.25, 0.3) is 43.0 Å². The van der Waals surface area contributed by atoms with E-state index in [1.807, 2.05) is 6.07 Å². The fraction of sp³-hybridized carbons (Fsp3) is 0.519. The number of amides is 3. The normalized spacial score (nSPS) is 23.5. The largest absolute Gasteiger partial charge is 0.463 e. The maximum atomic E-state index is 17.4. The Balaban J connectivity index is 0.660. The molecule has 15 nitrogen and oxygen atoms in total. The number of likely N-dealkylation sites (tertiary alicyclic amines) is 2. The second-order valence-electron chi connectivity index (χ2n) is 22.4. The number of anilines is 3. The van der Waals surface area contributed by atoms with E-state index in [0.717, 1.165) is 107 Å². The Bertz CT molecular complexity index is 3350. The first-order valence-electron chi connectivity index (χ1n) is 26.1. The summed E-state index contributed by atoms with van der Waals surface area (Å²) in [6.07, 6.45) is 11.4. The highest BCUT2D eigenvalue weighted by molar-refractivity contribution is 7.23. The second kappa shape index (κ2) is 17.9. The van der Waals surface area contributed by atoms with Crippen molar-refractivity contribution >= 4 is 83.4 Å². The van der Waals surface area contributed by atoms with E-state index in [9.17, 15) is 14.9 Å². The highest BCUT2D eigenvalue weighted by Gasteiger charge is 2.51. The number of nitriles is 1. The number of aryl methyl sites for hydroxylation is 1. The number of piperidine rings is 3. The van der Waals surface area contributed by atoms with Crippen molar-refractivity contribution in [2.45, 2.75) is 94.6 Å². The van der Waals surface area contributed by atoms with Gasteiger partial charge >= 0.3 is 12.0 Å². The van der Waals surface area contributed by atoms with Gasteiger partial charge in [-0.1, -0.05) is 17.7 Å². The van der Waals surface area contributed by atoms with Crippen LogP contribution in [0.5, 0.6) is 6.01 Å². The first-order valence-corrected chi connectivity index (χ1v) is 27.3. The number of carbonyl (C=O) groups excluding carboxylic acids is 2. The minimum Gasteiger partial charge on any atom is -0.463 e. The Morgan fingerprint density at radius 1 is 0.959 bits per heavy atom. The SMILES string of the molecule is Cn1nc(N2CCC(=O)NC2=O)c2cc(F)c(C3CCN(C4CC5(CCN(CC6(COc7nc(N8CCC[C@]9(CCO9)C8)c8cc(Cl)c(-c9ccc(F)c%10sc(N)c(C#N)c9%10)c(F)c8n7)CC6)CC5)C4)CC3)cc21. The molecule has 74 heavy (non-hydrogen) atoms. The molecule has 1 atom stereocenters. The van der Waals surface area contributed by atoms with Crippen LogP contribution in [-0.4, -0.2) is 119 Å². The Morgan fingerprint density at radius 2 is 1.74 bits per heavy atom. The third-order valence-electron chi connectivity index (χ3n) is 17.9. The number of hydrogen-bond donors (Lipinski definition) is 2. The molecule has 5 saturated heterocycles. The number of hydrogen-bond acceptors (Lipinski definition) is 13. The number of nitrogens with zero attached hydrogens (tertiary/aromatic N) is 9. The molecule has 2 aliphatic carbocycles. The summed E-state index contributed by atoms with van der Waals surface area (Å²) in [4.78, 5) is 42.8. The number of ether oxygens (including phenoxy) is 2. The number of nitrogens with two attached hydrogens (primary N) is 1. The van der Waals surface area contributed by atoms with E-state index in [1.54, 1.807) is 17.8 Å². The van der Waals surface area contributed by atoms with Crippen molar-refractivity contribution in [1.82, 2.24) is 34.9 Å². The van der Waals surface area contributed by atoms with Crippen LogP contribution in [0.4, 0.5) is 34.6 Å². The monoisotopic (exact) mass is 1050 g/mol. The Morgan fingerprint density at radius 3 is 2.46 bits per heavy atom. The van der Waals surface area contributed by atoms with Crippen LogP contribution < -0.4 is 25.6 Å². The van der Waals surface area contributed by atoms with Gasteiger partial charge in [-0.2, -0.15) is 20.3 Å². The van der Waals surface area contributed by atoms with E-state index in [-0.39, 0.29) is 90.0 Å². The van der Waals surface area contributed by atoms with Crippen LogP contribution >= 0.6 is 22.9 Å². The smallest absolute Gasteiger partial charge is 0.329 e. The molecule has 3 aromatic carbocycles. The summed E-state index contributed by atoms with van der Waals surface area (Å²) in [5, 5.41) is 18.4. The van der Waals surface area contributed by atoms with Crippen molar-refractivity contribution in [2.24, 2.45) is 17.9 Å². The lowest BCUT2D eigenvalue weighted by Crippen LogP contribution is -2.56. The number of fused-ring (bicyclic) bond motifs is 3. The summed E-state index contributed by atoms with van der Waals surface area (Å²) in [5.74, 6) is -0.886. The van der Waals surface area contributed by atoms with E-state index >= 15 is 13.2 Å². The van der Waals surface area contributed by atoms with Gasteiger partial charge in [-0.25, -0.2) is 18.0 Å². The zero-order valence-electron chi connectivity index (χ0n) is 41.3. The molecule has 2 saturated carbocycles. The number of nitrogens with one attached hydrogen (secondary N) is 1. The minimum atomic E-state index is -0.710. The summed E-state index contributed by atoms with van der Waals surface area (Å²) in [6.45, 7) is 7.41. The minimum absolute atomic E-state index is 0.00621. The Labute approximate surface area is 434 Å². The summed E-state index contributed by atoms with van der Waals surface area (Å²) in [7, 11) is 1.80. The van der Waals surface area contributed by atoms with Crippen molar-refractivity contribution < 1.29 is 32.2 Å². The molecule has 3 amide bonds. The molecule has 2 spiro atoms.